The Bertz CT molecular complexity index is 426. The van der Waals surface area contributed by atoms with Crippen LogP contribution in [0.15, 0.2) is 12.1 Å². The van der Waals surface area contributed by atoms with Gasteiger partial charge in [-0.05, 0) is 25.6 Å². The summed E-state index contributed by atoms with van der Waals surface area (Å²) in [5, 5.41) is 11.3. The molecule has 1 fully saturated rings. The van der Waals surface area contributed by atoms with E-state index in [2.05, 4.69) is 34.4 Å². The number of amides is 1. The van der Waals surface area contributed by atoms with Gasteiger partial charge in [-0.2, -0.15) is 0 Å². The summed E-state index contributed by atoms with van der Waals surface area (Å²) in [6, 6.07) is 3.58. The van der Waals surface area contributed by atoms with Crippen LogP contribution in [0, 0.1) is 0 Å². The van der Waals surface area contributed by atoms with Crippen molar-refractivity contribution < 1.29 is 4.79 Å². The summed E-state index contributed by atoms with van der Waals surface area (Å²) < 4.78 is 0. The standard InChI is InChI=1S/C14H23N5O/c1-3-4-7-15-13-6-5-12(16-17-13)14(20)19-10-8-18(2)9-11-19/h5-6H,3-4,7-11H2,1-2H3,(H,15,17). The van der Waals surface area contributed by atoms with Crippen LogP contribution in [0.5, 0.6) is 0 Å². The van der Waals surface area contributed by atoms with Crippen molar-refractivity contribution >= 4 is 11.7 Å². The second kappa shape index (κ2) is 7.19. The number of anilines is 1. The van der Waals surface area contributed by atoms with Gasteiger partial charge >= 0.3 is 0 Å². The fourth-order valence-electron chi connectivity index (χ4n) is 2.11. The molecule has 1 aromatic heterocycles. The Morgan fingerprint density at radius 3 is 2.60 bits per heavy atom. The molecule has 0 aliphatic carbocycles. The first-order valence-corrected chi connectivity index (χ1v) is 7.26. The lowest BCUT2D eigenvalue weighted by Crippen LogP contribution is -2.47. The highest BCUT2D eigenvalue weighted by molar-refractivity contribution is 5.92. The second-order valence-corrected chi connectivity index (χ2v) is 5.18. The van der Waals surface area contributed by atoms with Crippen LogP contribution in [0.1, 0.15) is 30.3 Å². The summed E-state index contributed by atoms with van der Waals surface area (Å²) in [6.07, 6.45) is 2.24. The number of rotatable bonds is 5. The number of likely N-dealkylation sites (N-methyl/N-ethyl adjacent to an activating group) is 1. The SMILES string of the molecule is CCCCNc1ccc(C(=O)N2CCN(C)CC2)nn1. The Hall–Kier alpha value is -1.69. The third kappa shape index (κ3) is 3.90. The molecule has 0 aromatic carbocycles. The Labute approximate surface area is 120 Å². The quantitative estimate of drug-likeness (QED) is 0.816. The lowest BCUT2D eigenvalue weighted by Gasteiger charge is -2.32. The number of carbonyl (C=O) groups is 1. The molecule has 1 aliphatic heterocycles. The van der Waals surface area contributed by atoms with Crippen LogP contribution in [-0.2, 0) is 0 Å². The summed E-state index contributed by atoms with van der Waals surface area (Å²) in [5.74, 6) is 0.707. The lowest BCUT2D eigenvalue weighted by molar-refractivity contribution is 0.0657. The van der Waals surface area contributed by atoms with Gasteiger partial charge in [-0.3, -0.25) is 4.79 Å². The molecule has 0 unspecified atom stereocenters. The van der Waals surface area contributed by atoms with Crippen molar-refractivity contribution in [3.8, 4) is 0 Å². The minimum atomic E-state index is -0.0225. The van der Waals surface area contributed by atoms with Gasteiger partial charge in [-0.1, -0.05) is 13.3 Å². The average molecular weight is 277 g/mol. The molecular weight excluding hydrogens is 254 g/mol. The number of nitrogens with zero attached hydrogens (tertiary/aromatic N) is 4. The fraction of sp³-hybridized carbons (Fsp3) is 0.643. The molecule has 1 saturated heterocycles. The molecule has 0 atom stereocenters. The highest BCUT2D eigenvalue weighted by atomic mass is 16.2. The van der Waals surface area contributed by atoms with Crippen molar-refractivity contribution in [2.24, 2.45) is 0 Å². The molecule has 1 aliphatic rings. The third-order valence-corrected chi connectivity index (χ3v) is 3.51. The van der Waals surface area contributed by atoms with Crippen molar-refractivity contribution in [1.82, 2.24) is 20.0 Å². The number of carbonyl (C=O) groups excluding carboxylic acids is 1. The van der Waals surface area contributed by atoms with Crippen molar-refractivity contribution in [1.29, 1.82) is 0 Å². The molecule has 1 N–H and O–H groups in total. The average Bonchev–Trinajstić information content (AvgIpc) is 2.48. The molecule has 0 spiro atoms. The Kier molecular flexibility index (Phi) is 5.29. The van der Waals surface area contributed by atoms with E-state index in [-0.39, 0.29) is 5.91 Å². The molecule has 110 valence electrons. The topological polar surface area (TPSA) is 61.4 Å². The number of unbranched alkanes of at least 4 members (excludes halogenated alkanes) is 1. The van der Waals surface area contributed by atoms with Crippen LogP contribution < -0.4 is 5.32 Å². The first-order valence-electron chi connectivity index (χ1n) is 7.26. The van der Waals surface area contributed by atoms with Crippen molar-refractivity contribution in [2.75, 3.05) is 45.1 Å². The van der Waals surface area contributed by atoms with Crippen molar-refractivity contribution in [3.05, 3.63) is 17.8 Å². The number of piperazine rings is 1. The Morgan fingerprint density at radius 2 is 2.00 bits per heavy atom. The smallest absolute Gasteiger partial charge is 0.274 e. The minimum absolute atomic E-state index is 0.0225. The van der Waals surface area contributed by atoms with Crippen LogP contribution in [0.2, 0.25) is 0 Å². The third-order valence-electron chi connectivity index (χ3n) is 3.51. The second-order valence-electron chi connectivity index (χ2n) is 5.18. The molecule has 0 saturated carbocycles. The highest BCUT2D eigenvalue weighted by Gasteiger charge is 2.21. The summed E-state index contributed by atoms with van der Waals surface area (Å²) in [5.41, 5.74) is 0.426. The predicted octanol–water partition coefficient (Wildman–Crippen LogP) is 1.08. The van der Waals surface area contributed by atoms with Gasteiger partial charge in [0.15, 0.2) is 5.69 Å². The van der Waals surface area contributed by atoms with E-state index in [0.29, 0.717) is 5.69 Å². The number of hydrogen-bond donors (Lipinski definition) is 1. The van der Waals surface area contributed by atoms with E-state index < -0.39 is 0 Å². The molecule has 0 radical (unpaired) electrons. The van der Waals surface area contributed by atoms with Crippen LogP contribution in [0.25, 0.3) is 0 Å². The van der Waals surface area contributed by atoms with Gasteiger partial charge in [0.05, 0.1) is 0 Å². The number of nitrogens with one attached hydrogen (secondary N) is 1. The predicted molar refractivity (Wildman–Crippen MR) is 78.8 cm³/mol. The van der Waals surface area contributed by atoms with E-state index >= 15 is 0 Å². The van der Waals surface area contributed by atoms with Crippen LogP contribution >= 0.6 is 0 Å². The van der Waals surface area contributed by atoms with Gasteiger partial charge in [-0.25, -0.2) is 0 Å². The summed E-state index contributed by atoms with van der Waals surface area (Å²) in [4.78, 5) is 16.3. The van der Waals surface area contributed by atoms with E-state index in [1.54, 1.807) is 6.07 Å². The van der Waals surface area contributed by atoms with Crippen LogP contribution in [0.4, 0.5) is 5.82 Å². The Balaban J connectivity index is 1.90. The number of aromatic nitrogens is 2. The molecule has 1 amide bonds. The maximum absolute atomic E-state index is 12.3. The van der Waals surface area contributed by atoms with Gasteiger partial charge < -0.3 is 15.1 Å². The number of hydrogen-bond acceptors (Lipinski definition) is 5. The fourth-order valence-corrected chi connectivity index (χ4v) is 2.11. The molecular formula is C14H23N5O. The van der Waals surface area contributed by atoms with Crippen LogP contribution in [0.3, 0.4) is 0 Å². The van der Waals surface area contributed by atoms with E-state index in [1.807, 2.05) is 11.0 Å². The molecule has 20 heavy (non-hydrogen) atoms. The monoisotopic (exact) mass is 277 g/mol. The Morgan fingerprint density at radius 1 is 1.25 bits per heavy atom. The zero-order chi connectivity index (χ0) is 14.4. The van der Waals surface area contributed by atoms with Gasteiger partial charge in [0.2, 0.25) is 0 Å². The van der Waals surface area contributed by atoms with E-state index in [0.717, 1.165) is 51.4 Å². The molecule has 1 aromatic rings. The normalized spacial score (nSPS) is 16.2. The molecule has 2 heterocycles. The van der Waals surface area contributed by atoms with Gasteiger partial charge in [0.1, 0.15) is 5.82 Å². The molecule has 6 nitrogen and oxygen atoms in total. The van der Waals surface area contributed by atoms with Crippen molar-refractivity contribution in [2.45, 2.75) is 19.8 Å². The molecule has 2 rings (SSSR count). The van der Waals surface area contributed by atoms with Gasteiger partial charge in [0, 0.05) is 32.7 Å². The van der Waals surface area contributed by atoms with Gasteiger partial charge in [0.25, 0.3) is 5.91 Å². The maximum atomic E-state index is 12.3. The van der Waals surface area contributed by atoms with E-state index in [1.165, 1.54) is 0 Å². The van der Waals surface area contributed by atoms with E-state index in [9.17, 15) is 4.79 Å². The highest BCUT2D eigenvalue weighted by Crippen LogP contribution is 2.08. The zero-order valence-corrected chi connectivity index (χ0v) is 12.3. The van der Waals surface area contributed by atoms with Gasteiger partial charge in [-0.15, -0.1) is 10.2 Å². The maximum Gasteiger partial charge on any atom is 0.274 e. The summed E-state index contributed by atoms with van der Waals surface area (Å²) >= 11 is 0. The largest absolute Gasteiger partial charge is 0.369 e. The lowest BCUT2D eigenvalue weighted by atomic mass is 10.2. The van der Waals surface area contributed by atoms with Crippen LogP contribution in [-0.4, -0.2) is 65.7 Å². The summed E-state index contributed by atoms with van der Waals surface area (Å²) in [7, 11) is 2.07. The molecule has 0 bridgehead atoms. The first kappa shape index (κ1) is 14.7. The molecule has 6 heteroatoms. The van der Waals surface area contributed by atoms with Crippen molar-refractivity contribution in [3.63, 3.8) is 0 Å². The minimum Gasteiger partial charge on any atom is -0.369 e. The first-order chi connectivity index (χ1) is 9.70. The van der Waals surface area contributed by atoms with E-state index in [4.69, 9.17) is 0 Å². The summed E-state index contributed by atoms with van der Waals surface area (Å²) in [6.45, 7) is 6.37. The zero-order valence-electron chi connectivity index (χ0n) is 12.3.